The topological polar surface area (TPSA) is 29.3 Å². The third-order valence-electron chi connectivity index (χ3n) is 3.10. The van der Waals surface area contributed by atoms with Crippen molar-refractivity contribution >= 4 is 5.69 Å². The summed E-state index contributed by atoms with van der Waals surface area (Å²) in [5.74, 6) is -0.271. The second-order valence-corrected chi connectivity index (χ2v) is 4.16. The molecule has 0 amide bonds. The van der Waals surface area contributed by atoms with Gasteiger partial charge >= 0.3 is 0 Å². The summed E-state index contributed by atoms with van der Waals surface area (Å²) < 4.78 is 12.9. The lowest BCUT2D eigenvalue weighted by molar-refractivity contribution is 0.206. The molecule has 3 heteroatoms. The summed E-state index contributed by atoms with van der Waals surface area (Å²) >= 11 is 0. The van der Waals surface area contributed by atoms with Crippen LogP contribution in [0.5, 0.6) is 0 Å². The molecule has 0 fully saturated rings. The average molecular weight is 224 g/mol. The largest absolute Gasteiger partial charge is 0.398 e. The smallest absolute Gasteiger partial charge is 0.125 e. The van der Waals surface area contributed by atoms with Crippen molar-refractivity contribution in [2.24, 2.45) is 0 Å². The molecule has 0 radical (unpaired) electrons. The van der Waals surface area contributed by atoms with E-state index < -0.39 is 0 Å². The van der Waals surface area contributed by atoms with Gasteiger partial charge < -0.3 is 5.73 Å². The van der Waals surface area contributed by atoms with Crippen LogP contribution in [-0.4, -0.2) is 17.5 Å². The van der Waals surface area contributed by atoms with E-state index in [0.717, 1.165) is 25.1 Å². The van der Waals surface area contributed by atoms with Crippen LogP contribution in [-0.2, 0) is 6.54 Å². The Morgan fingerprint density at radius 3 is 2.56 bits per heavy atom. The summed E-state index contributed by atoms with van der Waals surface area (Å²) in [5.41, 5.74) is 7.35. The van der Waals surface area contributed by atoms with Crippen LogP contribution < -0.4 is 5.73 Å². The molecule has 16 heavy (non-hydrogen) atoms. The molecule has 2 N–H and O–H groups in total. The summed E-state index contributed by atoms with van der Waals surface area (Å²) in [5, 5.41) is 0. The van der Waals surface area contributed by atoms with Crippen LogP contribution in [0, 0.1) is 5.82 Å². The Morgan fingerprint density at radius 2 is 2.06 bits per heavy atom. The first-order chi connectivity index (χ1) is 7.58. The predicted octanol–water partition coefficient (Wildman–Crippen LogP) is 3.03. The first-order valence-electron chi connectivity index (χ1n) is 5.86. The van der Waals surface area contributed by atoms with Gasteiger partial charge in [0.25, 0.3) is 0 Å². The fourth-order valence-electron chi connectivity index (χ4n) is 1.77. The molecule has 1 aromatic rings. The van der Waals surface area contributed by atoms with Crippen molar-refractivity contribution in [2.75, 3.05) is 12.3 Å². The monoisotopic (exact) mass is 224 g/mol. The third-order valence-corrected chi connectivity index (χ3v) is 3.10. The summed E-state index contributed by atoms with van der Waals surface area (Å²) in [6.45, 7) is 8.26. The minimum absolute atomic E-state index is 0.271. The lowest BCUT2D eigenvalue weighted by atomic mass is 10.1. The molecule has 1 unspecified atom stereocenters. The second-order valence-electron chi connectivity index (χ2n) is 4.16. The van der Waals surface area contributed by atoms with Gasteiger partial charge in [-0.1, -0.05) is 19.9 Å². The van der Waals surface area contributed by atoms with Crippen LogP contribution in [0.3, 0.4) is 0 Å². The van der Waals surface area contributed by atoms with Crippen molar-refractivity contribution in [1.82, 2.24) is 4.90 Å². The quantitative estimate of drug-likeness (QED) is 0.779. The van der Waals surface area contributed by atoms with Crippen LogP contribution in [0.2, 0.25) is 0 Å². The van der Waals surface area contributed by atoms with Crippen LogP contribution in [0.1, 0.15) is 32.8 Å². The standard InChI is InChI=1S/C13H21FN2/c1-4-10(3)16(5-2)9-11-6-7-12(14)8-13(11)15/h6-8,10H,4-5,9,15H2,1-3H3. The lowest BCUT2D eigenvalue weighted by Crippen LogP contribution is -2.32. The van der Waals surface area contributed by atoms with Crippen molar-refractivity contribution in [3.8, 4) is 0 Å². The molecule has 2 nitrogen and oxygen atoms in total. The SMILES string of the molecule is CCC(C)N(CC)Cc1ccc(F)cc1N. The van der Waals surface area contributed by atoms with Crippen LogP contribution in [0.15, 0.2) is 18.2 Å². The minimum Gasteiger partial charge on any atom is -0.398 e. The van der Waals surface area contributed by atoms with Gasteiger partial charge in [0, 0.05) is 18.3 Å². The molecule has 0 heterocycles. The number of halogens is 1. The Balaban J connectivity index is 2.78. The normalized spacial score (nSPS) is 13.1. The second kappa shape index (κ2) is 5.85. The highest BCUT2D eigenvalue weighted by atomic mass is 19.1. The highest BCUT2D eigenvalue weighted by Gasteiger charge is 2.12. The number of hydrogen-bond donors (Lipinski definition) is 1. The number of nitrogens with two attached hydrogens (primary N) is 1. The van der Waals surface area contributed by atoms with Crippen LogP contribution in [0.25, 0.3) is 0 Å². The molecule has 0 aromatic heterocycles. The molecule has 1 rings (SSSR count). The van der Waals surface area contributed by atoms with Crippen molar-refractivity contribution < 1.29 is 4.39 Å². The van der Waals surface area contributed by atoms with Gasteiger partial charge in [-0.3, -0.25) is 4.90 Å². The molecule has 0 bridgehead atoms. The number of nitrogen functional groups attached to an aromatic ring is 1. The average Bonchev–Trinajstić information content (AvgIpc) is 2.27. The van der Waals surface area contributed by atoms with Gasteiger partial charge in [0.15, 0.2) is 0 Å². The Hall–Kier alpha value is -1.09. The number of benzene rings is 1. The summed E-state index contributed by atoms with van der Waals surface area (Å²) in [6.07, 6.45) is 1.11. The number of hydrogen-bond acceptors (Lipinski definition) is 2. The zero-order chi connectivity index (χ0) is 12.1. The van der Waals surface area contributed by atoms with Crippen LogP contribution >= 0.6 is 0 Å². The molecule has 1 atom stereocenters. The molecule has 0 aliphatic heterocycles. The van der Waals surface area contributed by atoms with Gasteiger partial charge in [0.05, 0.1) is 0 Å². The maximum atomic E-state index is 12.9. The van der Waals surface area contributed by atoms with Gasteiger partial charge in [0.2, 0.25) is 0 Å². The Kier molecular flexibility index (Phi) is 4.74. The minimum atomic E-state index is -0.271. The molecule has 0 aliphatic carbocycles. The summed E-state index contributed by atoms with van der Waals surface area (Å²) in [7, 11) is 0. The Bertz CT molecular complexity index is 339. The van der Waals surface area contributed by atoms with Crippen molar-refractivity contribution in [2.45, 2.75) is 39.8 Å². The van der Waals surface area contributed by atoms with Crippen molar-refractivity contribution in [1.29, 1.82) is 0 Å². The van der Waals surface area contributed by atoms with Crippen LogP contribution in [0.4, 0.5) is 10.1 Å². The lowest BCUT2D eigenvalue weighted by Gasteiger charge is -2.27. The van der Waals surface area contributed by atoms with E-state index >= 15 is 0 Å². The number of anilines is 1. The zero-order valence-corrected chi connectivity index (χ0v) is 10.3. The molecule has 0 aliphatic rings. The summed E-state index contributed by atoms with van der Waals surface area (Å²) in [6, 6.07) is 5.15. The van der Waals surface area contributed by atoms with Gasteiger partial charge in [-0.15, -0.1) is 0 Å². The first-order valence-corrected chi connectivity index (χ1v) is 5.86. The maximum Gasteiger partial charge on any atom is 0.125 e. The summed E-state index contributed by atoms with van der Waals surface area (Å²) in [4.78, 5) is 2.34. The number of nitrogens with zero attached hydrogens (tertiary/aromatic N) is 1. The fourth-order valence-corrected chi connectivity index (χ4v) is 1.77. The fraction of sp³-hybridized carbons (Fsp3) is 0.538. The maximum absolute atomic E-state index is 12.9. The highest BCUT2D eigenvalue weighted by molar-refractivity contribution is 5.46. The van der Waals surface area contributed by atoms with E-state index in [1.807, 2.05) is 0 Å². The molecule has 1 aromatic carbocycles. The van der Waals surface area contributed by atoms with Gasteiger partial charge in [0.1, 0.15) is 5.82 Å². The highest BCUT2D eigenvalue weighted by Crippen LogP contribution is 2.17. The zero-order valence-electron chi connectivity index (χ0n) is 10.3. The Morgan fingerprint density at radius 1 is 1.38 bits per heavy atom. The van der Waals surface area contributed by atoms with E-state index in [2.05, 4.69) is 25.7 Å². The van der Waals surface area contributed by atoms with Crippen molar-refractivity contribution in [3.05, 3.63) is 29.6 Å². The van der Waals surface area contributed by atoms with E-state index in [4.69, 9.17) is 5.73 Å². The van der Waals surface area contributed by atoms with E-state index in [1.165, 1.54) is 12.1 Å². The molecular formula is C13H21FN2. The first kappa shape index (κ1) is 13.0. The third kappa shape index (κ3) is 3.20. The molecule has 0 saturated carbocycles. The van der Waals surface area contributed by atoms with E-state index in [9.17, 15) is 4.39 Å². The number of rotatable bonds is 5. The predicted molar refractivity (Wildman–Crippen MR) is 66.6 cm³/mol. The molecule has 0 saturated heterocycles. The Labute approximate surface area is 97.3 Å². The van der Waals surface area contributed by atoms with Gasteiger partial charge in [-0.05, 0) is 37.6 Å². The van der Waals surface area contributed by atoms with E-state index in [-0.39, 0.29) is 5.82 Å². The van der Waals surface area contributed by atoms with E-state index in [0.29, 0.717) is 11.7 Å². The van der Waals surface area contributed by atoms with Gasteiger partial charge in [-0.25, -0.2) is 4.39 Å². The van der Waals surface area contributed by atoms with Crippen molar-refractivity contribution in [3.63, 3.8) is 0 Å². The van der Waals surface area contributed by atoms with Gasteiger partial charge in [-0.2, -0.15) is 0 Å². The van der Waals surface area contributed by atoms with E-state index in [1.54, 1.807) is 6.07 Å². The molecular weight excluding hydrogens is 203 g/mol. The molecule has 90 valence electrons. The molecule has 0 spiro atoms.